The molecule has 2 aliphatic carbocycles. The number of pyridine rings is 1. The SMILES string of the molecule is O=C(O)CCCCCN1C(=O)C2CC=C3C(CC4C(=O)N(Nc5ncc(C(F)(F)F)cc5Cl)C(=O)C4(c4ccc(Cl)cc4)C3C3=COc4ccc(O)cc4C3)C2C1=O. The van der Waals surface area contributed by atoms with E-state index in [9.17, 15) is 37.5 Å². The molecule has 3 fully saturated rings. The second kappa shape index (κ2) is 14.8. The molecule has 6 atom stereocenters. The van der Waals surface area contributed by atoms with E-state index in [4.69, 9.17) is 33.0 Å². The van der Waals surface area contributed by atoms with Crippen molar-refractivity contribution >= 4 is 58.6 Å². The lowest BCUT2D eigenvalue weighted by Gasteiger charge is -2.51. The van der Waals surface area contributed by atoms with E-state index < -0.39 is 75.5 Å². The number of allylic oxidation sites excluding steroid dienone is 3. The van der Waals surface area contributed by atoms with Crippen molar-refractivity contribution < 1.29 is 52.1 Å². The molecule has 0 radical (unpaired) electrons. The highest BCUT2D eigenvalue weighted by molar-refractivity contribution is 6.33. The summed E-state index contributed by atoms with van der Waals surface area (Å²) in [7, 11) is 0. The van der Waals surface area contributed by atoms with E-state index in [0.29, 0.717) is 64.6 Å². The smallest absolute Gasteiger partial charge is 0.417 e. The number of hydrazine groups is 1. The number of amides is 4. The van der Waals surface area contributed by atoms with Crippen molar-refractivity contribution in [1.82, 2.24) is 14.9 Å². The van der Waals surface area contributed by atoms with Crippen LogP contribution in [-0.2, 0) is 42.0 Å². The number of carboxylic acid groups (broad SMARTS) is 1. The molecule has 6 unspecified atom stereocenters. The van der Waals surface area contributed by atoms with Crippen LogP contribution in [0.4, 0.5) is 19.0 Å². The number of aromatic hydroxyl groups is 1. The van der Waals surface area contributed by atoms with Crippen LogP contribution in [0.25, 0.3) is 0 Å². The van der Waals surface area contributed by atoms with Crippen molar-refractivity contribution in [3.63, 3.8) is 0 Å². The van der Waals surface area contributed by atoms with Gasteiger partial charge in [0, 0.05) is 42.1 Å². The number of rotatable bonds is 10. The fraction of sp³-hybridized carbons (Fsp3) is 0.366. The number of carbonyl (C=O) groups is 5. The molecule has 58 heavy (non-hydrogen) atoms. The number of fused-ring (bicyclic) bond motifs is 5. The third-order valence-corrected chi connectivity index (χ3v) is 12.6. The number of carbonyl (C=O) groups excluding carboxylic acids is 4. The number of aliphatic carboxylic acids is 1. The topological polar surface area (TPSA) is 166 Å². The maximum Gasteiger partial charge on any atom is 0.417 e. The van der Waals surface area contributed by atoms with Crippen LogP contribution in [0.15, 0.2) is 78.2 Å². The van der Waals surface area contributed by atoms with Crippen molar-refractivity contribution in [3.05, 3.63) is 105 Å². The summed E-state index contributed by atoms with van der Waals surface area (Å²) in [6.45, 7) is 0.100. The number of nitrogens with zero attached hydrogens (tertiary/aromatic N) is 3. The largest absolute Gasteiger partial charge is 0.508 e. The number of unbranched alkanes of at least 4 members (excludes halogenated alkanes) is 2. The molecule has 0 spiro atoms. The maximum atomic E-state index is 15.4. The lowest BCUT2D eigenvalue weighted by molar-refractivity contribution is -0.141. The lowest BCUT2D eigenvalue weighted by Crippen LogP contribution is -2.55. The molecule has 2 saturated heterocycles. The molecule has 3 aliphatic heterocycles. The number of ether oxygens (including phenoxy) is 1. The van der Waals surface area contributed by atoms with Crippen LogP contribution in [0.1, 0.15) is 55.2 Å². The molecule has 1 aromatic heterocycles. The summed E-state index contributed by atoms with van der Waals surface area (Å²) in [5.41, 5.74) is 1.88. The van der Waals surface area contributed by atoms with Crippen LogP contribution in [0.3, 0.4) is 0 Å². The van der Waals surface area contributed by atoms with E-state index >= 15 is 4.79 Å². The van der Waals surface area contributed by atoms with Gasteiger partial charge in [-0.3, -0.25) is 34.3 Å². The van der Waals surface area contributed by atoms with Gasteiger partial charge in [0.05, 0.1) is 40.0 Å². The Morgan fingerprint density at radius 1 is 0.983 bits per heavy atom. The molecule has 12 nitrogen and oxygen atoms in total. The molecule has 5 aliphatic rings. The Labute approximate surface area is 339 Å². The van der Waals surface area contributed by atoms with Crippen LogP contribution in [-0.4, -0.2) is 61.2 Å². The fourth-order valence-corrected chi connectivity index (χ4v) is 9.94. The van der Waals surface area contributed by atoms with Crippen LogP contribution in [0.2, 0.25) is 10.0 Å². The van der Waals surface area contributed by atoms with Gasteiger partial charge in [-0.15, -0.1) is 0 Å². The van der Waals surface area contributed by atoms with Crippen LogP contribution in [0, 0.1) is 29.6 Å². The van der Waals surface area contributed by atoms with Gasteiger partial charge in [-0.05, 0) is 79.1 Å². The Balaban J connectivity index is 1.24. The van der Waals surface area contributed by atoms with E-state index in [1.807, 2.05) is 6.08 Å². The number of likely N-dealkylation sites (tertiary alicyclic amines) is 1. The quantitative estimate of drug-likeness (QED) is 0.109. The summed E-state index contributed by atoms with van der Waals surface area (Å²) in [6, 6.07) is 11.6. The molecule has 4 amide bonds. The zero-order valence-corrected chi connectivity index (χ0v) is 32.0. The minimum Gasteiger partial charge on any atom is -0.508 e. The molecule has 302 valence electrons. The number of imide groups is 2. The number of nitrogens with one attached hydrogen (secondary N) is 1. The van der Waals surface area contributed by atoms with Gasteiger partial charge in [-0.25, -0.2) is 4.98 Å². The number of phenolic OH excluding ortho intramolecular Hbond substituents is 1. The third-order valence-electron chi connectivity index (χ3n) is 12.1. The van der Waals surface area contributed by atoms with E-state index in [1.54, 1.807) is 30.3 Å². The number of halogens is 5. The Morgan fingerprint density at radius 2 is 1.74 bits per heavy atom. The Kier molecular flexibility index (Phi) is 10.0. The lowest BCUT2D eigenvalue weighted by atomic mass is 9.48. The molecule has 3 N–H and O–H groups in total. The Morgan fingerprint density at radius 3 is 2.45 bits per heavy atom. The first kappa shape index (κ1) is 39.4. The Hall–Kier alpha value is -5.41. The molecule has 17 heteroatoms. The van der Waals surface area contributed by atoms with Gasteiger partial charge < -0.3 is 14.9 Å². The van der Waals surface area contributed by atoms with E-state index in [1.165, 1.54) is 23.3 Å². The summed E-state index contributed by atoms with van der Waals surface area (Å²) >= 11 is 12.6. The first-order valence-corrected chi connectivity index (χ1v) is 19.4. The minimum atomic E-state index is -4.77. The Bertz CT molecular complexity index is 2320. The molecule has 1 saturated carbocycles. The average Bonchev–Trinajstić information content (AvgIpc) is 3.55. The van der Waals surface area contributed by atoms with Gasteiger partial charge in [0.1, 0.15) is 11.5 Å². The maximum absolute atomic E-state index is 15.4. The minimum absolute atomic E-state index is 0.0309. The van der Waals surface area contributed by atoms with E-state index in [0.717, 1.165) is 5.01 Å². The number of alkyl halides is 3. The highest BCUT2D eigenvalue weighted by atomic mass is 35.5. The van der Waals surface area contributed by atoms with Crippen molar-refractivity contribution in [3.8, 4) is 11.5 Å². The number of hydrogen-bond acceptors (Lipinski definition) is 9. The van der Waals surface area contributed by atoms with Crippen molar-refractivity contribution in [2.75, 3.05) is 12.0 Å². The van der Waals surface area contributed by atoms with Gasteiger partial charge in [0.15, 0.2) is 5.82 Å². The van der Waals surface area contributed by atoms with Gasteiger partial charge in [0.2, 0.25) is 11.8 Å². The van der Waals surface area contributed by atoms with Crippen molar-refractivity contribution in [2.45, 2.75) is 56.5 Å². The zero-order chi connectivity index (χ0) is 41.3. The molecular weight excluding hydrogens is 804 g/mol. The molecule has 0 bridgehead atoms. The second-order valence-electron chi connectivity index (χ2n) is 15.2. The normalized spacial score (nSPS) is 26.3. The van der Waals surface area contributed by atoms with Crippen LogP contribution < -0.4 is 10.2 Å². The standard InChI is InChI=1S/C41H35Cl2F3N4O8/c42-24-7-5-22(6-8-24)40-29(37(55)50(39(40)57)48-35-30(43)16-23(18-47-35)41(44,45)46)17-28-26(34(40)21-14-20-15-25(51)9-12-31(20)58-19-21)10-11-27-33(28)38(56)49(36(27)54)13-3-1-2-4-32(52)53/h5-10,12,15-16,18-19,27-29,33-34,51H,1-4,11,13-14,17H2,(H,47,48)(H,52,53). The predicted molar refractivity (Wildman–Crippen MR) is 201 cm³/mol. The van der Waals surface area contributed by atoms with Gasteiger partial charge >= 0.3 is 12.1 Å². The first-order chi connectivity index (χ1) is 27.6. The molecule has 2 aromatic carbocycles. The number of phenols is 1. The highest BCUT2D eigenvalue weighted by Crippen LogP contribution is 2.63. The monoisotopic (exact) mass is 838 g/mol. The van der Waals surface area contributed by atoms with E-state index in [2.05, 4.69) is 10.4 Å². The summed E-state index contributed by atoms with van der Waals surface area (Å²) in [4.78, 5) is 74.6. The van der Waals surface area contributed by atoms with Gasteiger partial charge in [0.25, 0.3) is 11.8 Å². The zero-order valence-electron chi connectivity index (χ0n) is 30.5. The summed E-state index contributed by atoms with van der Waals surface area (Å²) in [5.74, 6) is -7.70. The van der Waals surface area contributed by atoms with Crippen LogP contribution in [0.5, 0.6) is 11.5 Å². The fourth-order valence-electron chi connectivity index (χ4n) is 9.61. The number of aromatic nitrogens is 1. The van der Waals surface area contributed by atoms with E-state index in [-0.39, 0.29) is 49.7 Å². The average molecular weight is 840 g/mol. The highest BCUT2D eigenvalue weighted by Gasteiger charge is 2.70. The number of anilines is 1. The molecule has 3 aromatic rings. The molecular formula is C41H35Cl2F3N4O8. The first-order valence-electron chi connectivity index (χ1n) is 18.7. The van der Waals surface area contributed by atoms with Gasteiger partial charge in [-0.1, -0.05) is 53.4 Å². The number of benzene rings is 2. The number of hydrogen-bond donors (Lipinski definition) is 3. The molecule has 8 rings (SSSR count). The third kappa shape index (κ3) is 6.48. The van der Waals surface area contributed by atoms with Crippen LogP contribution >= 0.6 is 23.2 Å². The predicted octanol–water partition coefficient (Wildman–Crippen LogP) is 7.09. The summed E-state index contributed by atoms with van der Waals surface area (Å²) < 4.78 is 46.6. The van der Waals surface area contributed by atoms with Gasteiger partial charge in [-0.2, -0.15) is 18.2 Å². The second-order valence-corrected chi connectivity index (χ2v) is 16.1. The molecule has 4 heterocycles. The van der Waals surface area contributed by atoms with Crippen molar-refractivity contribution in [2.24, 2.45) is 29.6 Å². The number of carboxylic acids is 1. The van der Waals surface area contributed by atoms with Crippen molar-refractivity contribution in [1.29, 1.82) is 0 Å². The summed E-state index contributed by atoms with van der Waals surface area (Å²) in [6.07, 6.45) is 0.637. The summed E-state index contributed by atoms with van der Waals surface area (Å²) in [5, 5.41) is 20.0.